The Kier molecular flexibility index (Phi) is 7.48. The molecule has 0 bridgehead atoms. The number of hydrogen-bond acceptors (Lipinski definition) is 4. The van der Waals surface area contributed by atoms with Crippen molar-refractivity contribution < 1.29 is 4.79 Å². The Morgan fingerprint density at radius 1 is 1.40 bits per heavy atom. The Hall–Kier alpha value is -0.650. The molecule has 1 heterocycles. The van der Waals surface area contributed by atoms with E-state index in [1.165, 1.54) is 0 Å². The van der Waals surface area contributed by atoms with Gasteiger partial charge in [-0.3, -0.25) is 9.69 Å². The molecule has 0 aliphatic carbocycles. The molecule has 1 amide bonds. The fraction of sp³-hybridized carbons (Fsp3) is 0.714. The minimum atomic E-state index is 0.171. The Labute approximate surface area is 130 Å². The zero-order valence-electron chi connectivity index (χ0n) is 12.7. The summed E-state index contributed by atoms with van der Waals surface area (Å²) in [5, 5.41) is 3.03. The highest BCUT2D eigenvalue weighted by Crippen LogP contribution is 2.26. The molecule has 0 spiro atoms. The molecule has 6 heteroatoms. The molecule has 1 aromatic rings. The minimum Gasteiger partial charge on any atom is -0.342 e. The van der Waals surface area contributed by atoms with Gasteiger partial charge in [0.15, 0.2) is 0 Å². The third-order valence-corrected chi connectivity index (χ3v) is 4.68. The average Bonchev–Trinajstić information content (AvgIpc) is 2.89. The highest BCUT2D eigenvalue weighted by molar-refractivity contribution is 7.09. The van der Waals surface area contributed by atoms with E-state index in [0.717, 1.165) is 30.2 Å². The predicted octanol–water partition coefficient (Wildman–Crippen LogP) is 3.13. The van der Waals surface area contributed by atoms with Crippen LogP contribution >= 0.6 is 22.9 Å². The first-order valence-corrected chi connectivity index (χ1v) is 8.46. The van der Waals surface area contributed by atoms with E-state index in [1.54, 1.807) is 11.3 Å². The zero-order valence-corrected chi connectivity index (χ0v) is 14.3. The van der Waals surface area contributed by atoms with Crippen molar-refractivity contribution in [3.63, 3.8) is 0 Å². The second kappa shape index (κ2) is 8.60. The topological polar surface area (TPSA) is 36.4 Å². The van der Waals surface area contributed by atoms with Gasteiger partial charge in [0.1, 0.15) is 5.01 Å². The number of aromatic nitrogens is 1. The highest BCUT2D eigenvalue weighted by Gasteiger charge is 2.22. The van der Waals surface area contributed by atoms with E-state index >= 15 is 0 Å². The van der Waals surface area contributed by atoms with Crippen LogP contribution in [0, 0.1) is 0 Å². The van der Waals surface area contributed by atoms with Gasteiger partial charge < -0.3 is 4.90 Å². The molecular weight excluding hydrogens is 294 g/mol. The lowest BCUT2D eigenvalue weighted by Crippen LogP contribution is -2.40. The zero-order chi connectivity index (χ0) is 15.1. The maximum Gasteiger partial charge on any atom is 0.236 e. The van der Waals surface area contributed by atoms with Crippen molar-refractivity contribution in [2.75, 3.05) is 26.7 Å². The molecule has 20 heavy (non-hydrogen) atoms. The van der Waals surface area contributed by atoms with Gasteiger partial charge in [-0.25, -0.2) is 4.98 Å². The monoisotopic (exact) mass is 317 g/mol. The largest absolute Gasteiger partial charge is 0.342 e. The maximum absolute atomic E-state index is 12.2. The maximum atomic E-state index is 12.2. The van der Waals surface area contributed by atoms with Gasteiger partial charge in [-0.15, -0.1) is 22.9 Å². The second-order valence-electron chi connectivity index (χ2n) is 4.72. The van der Waals surface area contributed by atoms with Crippen LogP contribution in [0.25, 0.3) is 0 Å². The second-order valence-corrected chi connectivity index (χ2v) is 5.87. The van der Waals surface area contributed by atoms with E-state index < -0.39 is 0 Å². The lowest BCUT2D eigenvalue weighted by molar-refractivity contribution is -0.132. The fourth-order valence-electron chi connectivity index (χ4n) is 2.21. The summed E-state index contributed by atoms with van der Waals surface area (Å²) in [5.74, 6) is 0.611. The standard InChI is InChI=1S/C14H24ClN3OS/c1-5-12(14-16-11(8-15)10-20-14)17(4)9-13(19)18(6-2)7-3/h10,12H,5-9H2,1-4H3. The number of hydrogen-bond donors (Lipinski definition) is 0. The van der Waals surface area contributed by atoms with E-state index in [0.29, 0.717) is 12.4 Å². The first kappa shape index (κ1) is 17.4. The Balaban J connectivity index is 2.72. The van der Waals surface area contributed by atoms with Gasteiger partial charge in [0.05, 0.1) is 24.2 Å². The lowest BCUT2D eigenvalue weighted by atomic mass is 10.2. The van der Waals surface area contributed by atoms with E-state index in [1.807, 2.05) is 31.2 Å². The molecule has 0 saturated heterocycles. The predicted molar refractivity (Wildman–Crippen MR) is 85.3 cm³/mol. The summed E-state index contributed by atoms with van der Waals surface area (Å²) in [4.78, 5) is 20.6. The fourth-order valence-corrected chi connectivity index (χ4v) is 3.51. The van der Waals surface area contributed by atoms with E-state index in [9.17, 15) is 4.79 Å². The number of thiazole rings is 1. The van der Waals surface area contributed by atoms with Crippen LogP contribution in [0.1, 0.15) is 43.9 Å². The summed E-state index contributed by atoms with van der Waals surface area (Å²) in [6, 6.07) is 0.177. The molecule has 1 rings (SSSR count). The van der Waals surface area contributed by atoms with Crippen LogP contribution in [-0.2, 0) is 10.7 Å². The first-order valence-electron chi connectivity index (χ1n) is 7.05. The summed E-state index contributed by atoms with van der Waals surface area (Å²) < 4.78 is 0. The number of likely N-dealkylation sites (N-methyl/N-ethyl adjacent to an activating group) is 2. The van der Waals surface area contributed by atoms with Crippen molar-refractivity contribution in [3.05, 3.63) is 16.1 Å². The van der Waals surface area contributed by atoms with Crippen molar-refractivity contribution in [2.45, 2.75) is 39.1 Å². The molecule has 0 saturated carbocycles. The van der Waals surface area contributed by atoms with Crippen LogP contribution in [0.4, 0.5) is 0 Å². The van der Waals surface area contributed by atoms with E-state index in [2.05, 4.69) is 16.8 Å². The molecule has 1 unspecified atom stereocenters. The summed E-state index contributed by atoms with van der Waals surface area (Å²) in [6.07, 6.45) is 0.928. The molecule has 0 fully saturated rings. The van der Waals surface area contributed by atoms with E-state index in [-0.39, 0.29) is 11.9 Å². The van der Waals surface area contributed by atoms with Crippen molar-refractivity contribution in [2.24, 2.45) is 0 Å². The van der Waals surface area contributed by atoms with Crippen molar-refractivity contribution in [1.82, 2.24) is 14.8 Å². The molecular formula is C14H24ClN3OS. The van der Waals surface area contributed by atoms with Crippen molar-refractivity contribution in [3.8, 4) is 0 Å². The third-order valence-electron chi connectivity index (χ3n) is 3.41. The quantitative estimate of drug-likeness (QED) is 0.691. The highest BCUT2D eigenvalue weighted by atomic mass is 35.5. The number of halogens is 1. The number of amides is 1. The Bertz CT molecular complexity index is 420. The van der Waals surface area contributed by atoms with E-state index in [4.69, 9.17) is 11.6 Å². The number of carbonyl (C=O) groups is 1. The number of rotatable bonds is 8. The SMILES string of the molecule is CCC(c1nc(CCl)cs1)N(C)CC(=O)N(CC)CC. The number of nitrogens with zero attached hydrogens (tertiary/aromatic N) is 3. The Morgan fingerprint density at radius 3 is 2.50 bits per heavy atom. The van der Waals surface area contributed by atoms with Crippen LogP contribution in [-0.4, -0.2) is 47.4 Å². The summed E-state index contributed by atoms with van der Waals surface area (Å²) in [7, 11) is 1.98. The van der Waals surface area contributed by atoms with Gasteiger partial charge in [0.2, 0.25) is 5.91 Å². The number of alkyl halides is 1. The van der Waals surface area contributed by atoms with Gasteiger partial charge in [0.25, 0.3) is 0 Å². The summed E-state index contributed by atoms with van der Waals surface area (Å²) >= 11 is 7.42. The molecule has 0 radical (unpaired) electrons. The van der Waals surface area contributed by atoms with Crippen LogP contribution in [0.3, 0.4) is 0 Å². The molecule has 0 aliphatic heterocycles. The van der Waals surface area contributed by atoms with Gasteiger partial charge in [-0.05, 0) is 27.3 Å². The van der Waals surface area contributed by atoms with Crippen molar-refractivity contribution in [1.29, 1.82) is 0 Å². The molecule has 0 aromatic carbocycles. The van der Waals surface area contributed by atoms with Crippen LogP contribution < -0.4 is 0 Å². The Morgan fingerprint density at radius 2 is 2.05 bits per heavy atom. The average molecular weight is 318 g/mol. The lowest BCUT2D eigenvalue weighted by Gasteiger charge is -2.27. The van der Waals surface area contributed by atoms with Crippen LogP contribution in [0.5, 0.6) is 0 Å². The molecule has 0 aliphatic rings. The normalized spacial score (nSPS) is 12.7. The third kappa shape index (κ3) is 4.43. The summed E-state index contributed by atoms with van der Waals surface area (Å²) in [6.45, 7) is 8.07. The minimum absolute atomic E-state index is 0.171. The van der Waals surface area contributed by atoms with Crippen LogP contribution in [0.15, 0.2) is 5.38 Å². The van der Waals surface area contributed by atoms with Gasteiger partial charge >= 0.3 is 0 Å². The van der Waals surface area contributed by atoms with Gasteiger partial charge in [-0.2, -0.15) is 0 Å². The van der Waals surface area contributed by atoms with Crippen molar-refractivity contribution >= 4 is 28.8 Å². The molecule has 1 aromatic heterocycles. The summed E-state index contributed by atoms with van der Waals surface area (Å²) in [5.41, 5.74) is 0.911. The molecule has 4 nitrogen and oxygen atoms in total. The van der Waals surface area contributed by atoms with Gasteiger partial charge in [-0.1, -0.05) is 6.92 Å². The molecule has 114 valence electrons. The number of carbonyl (C=O) groups excluding carboxylic acids is 1. The van der Waals surface area contributed by atoms with Crippen LogP contribution in [0.2, 0.25) is 0 Å². The first-order chi connectivity index (χ1) is 9.57. The molecule has 0 N–H and O–H groups in total. The smallest absolute Gasteiger partial charge is 0.236 e. The molecule has 1 atom stereocenters. The van der Waals surface area contributed by atoms with Gasteiger partial charge in [0, 0.05) is 18.5 Å².